The van der Waals surface area contributed by atoms with Gasteiger partial charge in [0.1, 0.15) is 0 Å². The van der Waals surface area contributed by atoms with Crippen molar-refractivity contribution < 1.29 is 4.79 Å². The molecule has 0 fully saturated rings. The zero-order chi connectivity index (χ0) is 14.8. The van der Waals surface area contributed by atoms with E-state index in [-0.39, 0.29) is 11.9 Å². The molecule has 0 bridgehead atoms. The molecular weight excluding hydrogens is 286 g/mol. The van der Waals surface area contributed by atoms with Crippen LogP contribution in [0.1, 0.15) is 15.9 Å². The smallest absolute Gasteiger partial charge is 0.257 e. The van der Waals surface area contributed by atoms with Gasteiger partial charge in [-0.3, -0.25) is 15.5 Å². The lowest BCUT2D eigenvalue weighted by atomic mass is 10.2. The minimum atomic E-state index is -0.305. The number of rotatable bonds is 1. The lowest BCUT2D eigenvalue weighted by Crippen LogP contribution is -2.42. The number of amides is 1. The van der Waals surface area contributed by atoms with Crippen molar-refractivity contribution in [2.45, 2.75) is 6.42 Å². The van der Waals surface area contributed by atoms with E-state index in [0.717, 1.165) is 12.1 Å². The average Bonchev–Trinajstić information content (AvgIpc) is 2.92. The normalized spacial score (nSPS) is 12.9. The highest BCUT2D eigenvalue weighted by Crippen LogP contribution is 2.27. The van der Waals surface area contributed by atoms with Gasteiger partial charge in [0, 0.05) is 22.8 Å². The Balaban J connectivity index is 1.73. The zero-order valence-electron chi connectivity index (χ0n) is 11.3. The van der Waals surface area contributed by atoms with E-state index in [9.17, 15) is 4.79 Å². The first-order valence-corrected chi connectivity index (χ1v) is 7.04. The van der Waals surface area contributed by atoms with Crippen LogP contribution in [-0.4, -0.2) is 18.4 Å². The Morgan fingerprint density at radius 2 is 1.86 bits per heavy atom. The molecule has 0 saturated heterocycles. The van der Waals surface area contributed by atoms with Crippen molar-refractivity contribution >= 4 is 29.2 Å². The number of guanidine groups is 1. The van der Waals surface area contributed by atoms with Gasteiger partial charge in [0.2, 0.25) is 5.96 Å². The first-order chi connectivity index (χ1) is 10.1. The standard InChI is InChI=1S/C16H14ClN3O/c17-13-7-5-12(6-8-13)15(21)19-16(18)20-10-9-11-3-1-2-4-14(11)20/h1-8H,9-10H2,(H2,18,19,21). The van der Waals surface area contributed by atoms with Crippen LogP contribution in [0.15, 0.2) is 48.5 Å². The fourth-order valence-corrected chi connectivity index (χ4v) is 2.54. The summed E-state index contributed by atoms with van der Waals surface area (Å²) in [7, 11) is 0. The molecule has 0 saturated carbocycles. The summed E-state index contributed by atoms with van der Waals surface area (Å²) in [5.41, 5.74) is 2.67. The lowest BCUT2D eigenvalue weighted by molar-refractivity contribution is 0.0976. The fourth-order valence-electron chi connectivity index (χ4n) is 2.42. The summed E-state index contributed by atoms with van der Waals surface area (Å²) >= 11 is 5.80. The van der Waals surface area contributed by atoms with E-state index in [0.29, 0.717) is 17.1 Å². The van der Waals surface area contributed by atoms with E-state index in [4.69, 9.17) is 17.0 Å². The number of hydrogen-bond donors (Lipinski definition) is 2. The molecular formula is C16H14ClN3O. The topological polar surface area (TPSA) is 56.2 Å². The van der Waals surface area contributed by atoms with Crippen LogP contribution in [0.25, 0.3) is 0 Å². The molecule has 21 heavy (non-hydrogen) atoms. The number of nitrogens with zero attached hydrogens (tertiary/aromatic N) is 1. The number of carbonyl (C=O) groups is 1. The number of nitrogens with one attached hydrogen (secondary N) is 2. The molecule has 0 atom stereocenters. The number of benzene rings is 2. The Hall–Kier alpha value is -2.33. The molecule has 2 aromatic rings. The number of fused-ring (bicyclic) bond motifs is 1. The summed E-state index contributed by atoms with van der Waals surface area (Å²) in [6, 6.07) is 14.5. The van der Waals surface area contributed by atoms with Crippen LogP contribution < -0.4 is 10.2 Å². The van der Waals surface area contributed by atoms with Crippen LogP contribution in [0.2, 0.25) is 5.02 Å². The van der Waals surface area contributed by atoms with Crippen molar-refractivity contribution in [3.8, 4) is 0 Å². The second kappa shape index (κ2) is 5.58. The van der Waals surface area contributed by atoms with Crippen LogP contribution in [0, 0.1) is 5.41 Å². The Labute approximate surface area is 127 Å². The molecule has 3 rings (SSSR count). The van der Waals surface area contributed by atoms with Gasteiger partial charge in [-0.05, 0) is 42.3 Å². The lowest BCUT2D eigenvalue weighted by Gasteiger charge is -2.20. The van der Waals surface area contributed by atoms with Gasteiger partial charge in [-0.15, -0.1) is 0 Å². The summed E-state index contributed by atoms with van der Waals surface area (Å²) in [6.45, 7) is 0.707. The molecule has 1 amide bonds. The quantitative estimate of drug-likeness (QED) is 0.628. The van der Waals surface area contributed by atoms with Gasteiger partial charge in [-0.2, -0.15) is 0 Å². The van der Waals surface area contributed by atoms with E-state index in [1.54, 1.807) is 24.3 Å². The summed E-state index contributed by atoms with van der Waals surface area (Å²) in [4.78, 5) is 13.9. The van der Waals surface area contributed by atoms with Crippen LogP contribution in [0.5, 0.6) is 0 Å². The average molecular weight is 300 g/mol. The van der Waals surface area contributed by atoms with Crippen LogP contribution in [0.3, 0.4) is 0 Å². The third-order valence-electron chi connectivity index (χ3n) is 3.50. The molecule has 0 spiro atoms. The molecule has 0 radical (unpaired) electrons. The summed E-state index contributed by atoms with van der Waals surface area (Å²) < 4.78 is 0. The Bertz CT molecular complexity index is 697. The second-order valence-electron chi connectivity index (χ2n) is 4.84. The SMILES string of the molecule is N=C(NC(=O)c1ccc(Cl)cc1)N1CCc2ccccc21. The molecule has 2 N–H and O–H groups in total. The van der Waals surface area contributed by atoms with E-state index in [2.05, 4.69) is 5.32 Å². The Morgan fingerprint density at radius 1 is 1.14 bits per heavy atom. The molecule has 2 aromatic carbocycles. The number of anilines is 1. The Kier molecular flexibility index (Phi) is 3.62. The van der Waals surface area contributed by atoms with E-state index < -0.39 is 0 Å². The number of halogens is 1. The molecule has 1 aliphatic heterocycles. The minimum absolute atomic E-state index is 0.0971. The van der Waals surface area contributed by atoms with Crippen molar-refractivity contribution in [2.24, 2.45) is 0 Å². The second-order valence-corrected chi connectivity index (χ2v) is 5.28. The first-order valence-electron chi connectivity index (χ1n) is 6.66. The largest absolute Gasteiger partial charge is 0.312 e. The maximum absolute atomic E-state index is 12.1. The highest BCUT2D eigenvalue weighted by molar-refractivity contribution is 6.30. The maximum Gasteiger partial charge on any atom is 0.257 e. The first kappa shape index (κ1) is 13.6. The molecule has 0 aliphatic carbocycles. The number of hydrogen-bond acceptors (Lipinski definition) is 2. The van der Waals surface area contributed by atoms with Gasteiger partial charge < -0.3 is 4.90 Å². The number of carbonyl (C=O) groups excluding carboxylic acids is 1. The highest BCUT2D eigenvalue weighted by atomic mass is 35.5. The van der Waals surface area contributed by atoms with E-state index in [1.807, 2.05) is 29.2 Å². The van der Waals surface area contributed by atoms with Gasteiger partial charge in [-0.1, -0.05) is 29.8 Å². The van der Waals surface area contributed by atoms with Gasteiger partial charge >= 0.3 is 0 Å². The summed E-state index contributed by atoms with van der Waals surface area (Å²) in [5.74, 6) is -0.207. The molecule has 0 unspecified atom stereocenters. The van der Waals surface area contributed by atoms with Crippen molar-refractivity contribution in [3.05, 3.63) is 64.7 Å². The molecule has 0 aromatic heterocycles. The molecule has 1 heterocycles. The third-order valence-corrected chi connectivity index (χ3v) is 3.75. The number of para-hydroxylation sites is 1. The van der Waals surface area contributed by atoms with Crippen LogP contribution in [-0.2, 0) is 6.42 Å². The predicted octanol–water partition coefficient (Wildman–Crippen LogP) is 3.07. The minimum Gasteiger partial charge on any atom is -0.312 e. The monoisotopic (exact) mass is 299 g/mol. The van der Waals surface area contributed by atoms with Gasteiger partial charge in [-0.25, -0.2) is 0 Å². The fraction of sp³-hybridized carbons (Fsp3) is 0.125. The van der Waals surface area contributed by atoms with Crippen LogP contribution >= 0.6 is 11.6 Å². The van der Waals surface area contributed by atoms with Crippen molar-refractivity contribution in [2.75, 3.05) is 11.4 Å². The summed E-state index contributed by atoms with van der Waals surface area (Å²) in [5, 5.41) is 11.3. The molecule has 106 valence electrons. The molecule has 5 heteroatoms. The molecule has 4 nitrogen and oxygen atoms in total. The van der Waals surface area contributed by atoms with E-state index >= 15 is 0 Å². The predicted molar refractivity (Wildman–Crippen MR) is 84.1 cm³/mol. The van der Waals surface area contributed by atoms with Gasteiger partial charge in [0.25, 0.3) is 5.91 Å². The Morgan fingerprint density at radius 3 is 2.62 bits per heavy atom. The van der Waals surface area contributed by atoms with Crippen LogP contribution in [0.4, 0.5) is 5.69 Å². The molecule has 1 aliphatic rings. The van der Waals surface area contributed by atoms with Crippen molar-refractivity contribution in [3.63, 3.8) is 0 Å². The third kappa shape index (κ3) is 2.76. The van der Waals surface area contributed by atoms with Crippen molar-refractivity contribution in [1.29, 1.82) is 5.41 Å². The maximum atomic E-state index is 12.1. The highest BCUT2D eigenvalue weighted by Gasteiger charge is 2.23. The van der Waals surface area contributed by atoms with Gasteiger partial charge in [0.05, 0.1) is 0 Å². The van der Waals surface area contributed by atoms with E-state index in [1.165, 1.54) is 5.56 Å². The van der Waals surface area contributed by atoms with Crippen molar-refractivity contribution in [1.82, 2.24) is 5.32 Å². The zero-order valence-corrected chi connectivity index (χ0v) is 12.0. The van der Waals surface area contributed by atoms with Gasteiger partial charge in [0.15, 0.2) is 0 Å². The summed E-state index contributed by atoms with van der Waals surface area (Å²) in [6.07, 6.45) is 0.884.